The molecule has 0 bridgehead atoms. The first-order chi connectivity index (χ1) is 16.7. The third kappa shape index (κ3) is 5.85. The normalized spacial score (nSPS) is 11.1. The van der Waals surface area contributed by atoms with Gasteiger partial charge < -0.3 is 18.7 Å². The van der Waals surface area contributed by atoms with Gasteiger partial charge in [0.15, 0.2) is 0 Å². The lowest BCUT2D eigenvalue weighted by Crippen LogP contribution is -2.38. The number of ether oxygens (including phenoxy) is 3. The Morgan fingerprint density at radius 2 is 1.69 bits per heavy atom. The van der Waals surface area contributed by atoms with Crippen LogP contribution in [0.1, 0.15) is 43.0 Å². The first-order valence-corrected chi connectivity index (χ1v) is 11.4. The molecule has 35 heavy (non-hydrogen) atoms. The maximum atomic E-state index is 12.1. The Morgan fingerprint density at radius 3 is 2.26 bits per heavy atom. The summed E-state index contributed by atoms with van der Waals surface area (Å²) in [5.74, 6) is -0.0207. The molecular weight excluding hydrogens is 450 g/mol. The number of hydrogen-bond donors (Lipinski definition) is 0. The van der Waals surface area contributed by atoms with Crippen LogP contribution in [-0.4, -0.2) is 47.4 Å². The van der Waals surface area contributed by atoms with Crippen LogP contribution in [0.3, 0.4) is 0 Å². The third-order valence-electron chi connectivity index (χ3n) is 5.55. The summed E-state index contributed by atoms with van der Waals surface area (Å²) in [6, 6.07) is 5.60. The summed E-state index contributed by atoms with van der Waals surface area (Å²) in [5.41, 5.74) is 5.09. The predicted molar refractivity (Wildman–Crippen MR) is 129 cm³/mol. The van der Waals surface area contributed by atoms with Crippen LogP contribution in [0.25, 0.3) is 23.0 Å². The van der Waals surface area contributed by atoms with Crippen molar-refractivity contribution < 1.29 is 28.3 Å². The van der Waals surface area contributed by atoms with Gasteiger partial charge in [-0.1, -0.05) is 25.9 Å². The largest absolute Gasteiger partial charge is 0.466 e. The van der Waals surface area contributed by atoms with Crippen LogP contribution in [0.15, 0.2) is 28.9 Å². The second-order valence-electron chi connectivity index (χ2n) is 8.70. The second kappa shape index (κ2) is 11.1. The fraction of sp³-hybridized carbons (Fsp3) is 0.423. The third-order valence-corrected chi connectivity index (χ3v) is 5.55. The number of nitrogens with zero attached hydrogens (tertiary/aromatic N) is 3. The molecule has 0 amide bonds. The van der Waals surface area contributed by atoms with Crippen LogP contribution in [-0.2, 0) is 31.9 Å². The number of aromatic nitrogens is 3. The van der Waals surface area contributed by atoms with Crippen molar-refractivity contribution in [2.75, 3.05) is 14.2 Å². The van der Waals surface area contributed by atoms with Gasteiger partial charge in [0.1, 0.15) is 11.4 Å². The van der Waals surface area contributed by atoms with E-state index in [9.17, 15) is 9.59 Å². The number of pyridine rings is 1. The predicted octanol–water partition coefficient (Wildman–Crippen LogP) is 4.27. The number of esters is 2. The molecule has 9 nitrogen and oxygen atoms in total. The first-order valence-electron chi connectivity index (χ1n) is 11.4. The molecule has 3 aromatic rings. The lowest BCUT2D eigenvalue weighted by molar-refractivity contribution is -0.163. The number of benzene rings is 1. The van der Waals surface area contributed by atoms with E-state index in [-0.39, 0.29) is 0 Å². The lowest BCUT2D eigenvalue weighted by Gasteiger charge is -2.19. The minimum atomic E-state index is -1.52. The molecule has 186 valence electrons. The number of rotatable bonds is 9. The molecule has 0 aliphatic carbocycles. The summed E-state index contributed by atoms with van der Waals surface area (Å²) >= 11 is 0. The van der Waals surface area contributed by atoms with E-state index in [4.69, 9.17) is 18.7 Å². The SMILES string of the molecule is CCc1cc(-c2noc(-c3cc(C)c(CC(C)C)cn3)n2)cc(C)c1OC(C(=O)OC)C(=O)OC. The van der Waals surface area contributed by atoms with Crippen LogP contribution in [0.5, 0.6) is 5.75 Å². The van der Waals surface area contributed by atoms with Crippen molar-refractivity contribution >= 4 is 11.9 Å². The van der Waals surface area contributed by atoms with Crippen molar-refractivity contribution in [2.45, 2.75) is 53.6 Å². The fourth-order valence-corrected chi connectivity index (χ4v) is 3.73. The van der Waals surface area contributed by atoms with Gasteiger partial charge in [0.25, 0.3) is 12.0 Å². The quantitative estimate of drug-likeness (QED) is 0.326. The van der Waals surface area contributed by atoms with E-state index in [0.29, 0.717) is 46.6 Å². The standard InChI is InChI=1S/C26H31N3O6/c1-8-17-12-18(10-16(5)21(17)34-22(25(30)32-6)26(31)33-7)23-28-24(35-29-23)20-11-15(4)19(13-27-20)9-14(2)3/h10-14,22H,8-9H2,1-7H3. The first kappa shape index (κ1) is 25.9. The highest BCUT2D eigenvalue weighted by Crippen LogP contribution is 2.32. The molecule has 0 saturated carbocycles. The Balaban J connectivity index is 1.92. The Bertz CT molecular complexity index is 1200. The highest BCUT2D eigenvalue weighted by atomic mass is 16.6. The van der Waals surface area contributed by atoms with Gasteiger partial charge in [0, 0.05) is 11.8 Å². The summed E-state index contributed by atoms with van der Waals surface area (Å²) in [6.45, 7) is 10.1. The zero-order chi connectivity index (χ0) is 25.7. The van der Waals surface area contributed by atoms with E-state index in [1.165, 1.54) is 19.8 Å². The van der Waals surface area contributed by atoms with Crippen LogP contribution >= 0.6 is 0 Å². The van der Waals surface area contributed by atoms with Gasteiger partial charge in [-0.25, -0.2) is 9.59 Å². The summed E-state index contributed by atoms with van der Waals surface area (Å²) in [7, 11) is 2.36. The van der Waals surface area contributed by atoms with E-state index < -0.39 is 18.0 Å². The molecule has 0 radical (unpaired) electrons. The molecule has 0 atom stereocenters. The van der Waals surface area contributed by atoms with Gasteiger partial charge in [-0.15, -0.1) is 0 Å². The number of aryl methyl sites for hydroxylation is 3. The van der Waals surface area contributed by atoms with Crippen molar-refractivity contribution in [3.05, 3.63) is 46.6 Å². The molecule has 0 unspecified atom stereocenters. The molecule has 0 aliphatic heterocycles. The highest BCUT2D eigenvalue weighted by molar-refractivity contribution is 5.98. The molecule has 0 N–H and O–H groups in total. The average Bonchev–Trinajstić information content (AvgIpc) is 3.33. The molecule has 0 saturated heterocycles. The van der Waals surface area contributed by atoms with Crippen LogP contribution in [0.4, 0.5) is 0 Å². The lowest BCUT2D eigenvalue weighted by atomic mass is 10.0. The fourth-order valence-electron chi connectivity index (χ4n) is 3.73. The molecule has 0 fully saturated rings. The number of carbonyl (C=O) groups is 2. The van der Waals surface area contributed by atoms with Gasteiger partial charge in [-0.2, -0.15) is 4.98 Å². The van der Waals surface area contributed by atoms with Gasteiger partial charge in [-0.05, 0) is 73.1 Å². The smallest absolute Gasteiger partial charge is 0.359 e. The van der Waals surface area contributed by atoms with Crippen molar-refractivity contribution in [1.29, 1.82) is 0 Å². The minimum Gasteiger partial charge on any atom is -0.466 e. The number of methoxy groups -OCH3 is 2. The second-order valence-corrected chi connectivity index (χ2v) is 8.70. The maximum absolute atomic E-state index is 12.1. The Labute approximate surface area is 204 Å². The minimum absolute atomic E-state index is 0.326. The van der Waals surface area contributed by atoms with E-state index >= 15 is 0 Å². The van der Waals surface area contributed by atoms with Crippen molar-refractivity contribution in [3.8, 4) is 28.7 Å². The van der Waals surface area contributed by atoms with Gasteiger partial charge >= 0.3 is 11.9 Å². The highest BCUT2D eigenvalue weighted by Gasteiger charge is 2.32. The molecule has 0 spiro atoms. The monoisotopic (exact) mass is 481 g/mol. The summed E-state index contributed by atoms with van der Waals surface area (Å²) in [6.07, 6.45) is 1.86. The Kier molecular flexibility index (Phi) is 8.22. The van der Waals surface area contributed by atoms with Crippen LogP contribution in [0.2, 0.25) is 0 Å². The molecule has 9 heteroatoms. The van der Waals surface area contributed by atoms with E-state index in [1.54, 1.807) is 6.07 Å². The zero-order valence-electron chi connectivity index (χ0n) is 21.2. The summed E-state index contributed by atoms with van der Waals surface area (Å²) in [4.78, 5) is 33.2. The Morgan fingerprint density at radius 1 is 1.00 bits per heavy atom. The average molecular weight is 482 g/mol. The Hall–Kier alpha value is -3.75. The number of carbonyl (C=O) groups excluding carboxylic acids is 2. The maximum Gasteiger partial charge on any atom is 0.359 e. The van der Waals surface area contributed by atoms with Gasteiger partial charge in [0.2, 0.25) is 5.82 Å². The molecule has 2 aromatic heterocycles. The van der Waals surface area contributed by atoms with E-state index in [1.807, 2.05) is 39.1 Å². The van der Waals surface area contributed by atoms with Crippen molar-refractivity contribution in [3.63, 3.8) is 0 Å². The topological polar surface area (TPSA) is 114 Å². The molecular formula is C26H31N3O6. The zero-order valence-corrected chi connectivity index (χ0v) is 21.2. The van der Waals surface area contributed by atoms with Gasteiger partial charge in [-0.3, -0.25) is 4.98 Å². The van der Waals surface area contributed by atoms with Crippen LogP contribution in [0, 0.1) is 19.8 Å². The summed E-state index contributed by atoms with van der Waals surface area (Å²) in [5, 5.41) is 4.14. The molecule has 2 heterocycles. The molecule has 0 aliphatic rings. The van der Waals surface area contributed by atoms with Crippen molar-refractivity contribution in [2.24, 2.45) is 5.92 Å². The molecule has 1 aromatic carbocycles. The van der Waals surface area contributed by atoms with E-state index in [0.717, 1.165) is 17.5 Å². The van der Waals surface area contributed by atoms with Crippen LogP contribution < -0.4 is 4.74 Å². The molecule has 3 rings (SSSR count). The van der Waals surface area contributed by atoms with Gasteiger partial charge in [0.05, 0.1) is 14.2 Å². The van der Waals surface area contributed by atoms with E-state index in [2.05, 4.69) is 29.0 Å². The summed E-state index contributed by atoms with van der Waals surface area (Å²) < 4.78 is 20.7. The number of hydrogen-bond acceptors (Lipinski definition) is 9. The van der Waals surface area contributed by atoms with Crippen molar-refractivity contribution in [1.82, 2.24) is 15.1 Å².